The fraction of sp³-hybridized carbons (Fsp3) is 0.688. The fourth-order valence-corrected chi connectivity index (χ4v) is 3.54. The van der Waals surface area contributed by atoms with Crippen LogP contribution in [0.25, 0.3) is 0 Å². The van der Waals surface area contributed by atoms with Crippen molar-refractivity contribution < 1.29 is 9.53 Å². The summed E-state index contributed by atoms with van der Waals surface area (Å²) in [5.74, 6) is 1.33. The molecule has 1 aromatic heterocycles. The van der Waals surface area contributed by atoms with E-state index in [-0.39, 0.29) is 17.9 Å². The first-order chi connectivity index (χ1) is 10.6. The van der Waals surface area contributed by atoms with Gasteiger partial charge in [-0.2, -0.15) is 0 Å². The van der Waals surface area contributed by atoms with Crippen LogP contribution < -0.4 is 4.90 Å². The first-order valence-corrected chi connectivity index (χ1v) is 7.94. The van der Waals surface area contributed by atoms with E-state index in [1.807, 2.05) is 11.8 Å². The molecular formula is C16H24N4O2. The third-order valence-corrected chi connectivity index (χ3v) is 4.94. The Labute approximate surface area is 131 Å². The van der Waals surface area contributed by atoms with E-state index >= 15 is 0 Å². The van der Waals surface area contributed by atoms with Crippen molar-refractivity contribution in [1.29, 1.82) is 0 Å². The Morgan fingerprint density at radius 1 is 1.27 bits per heavy atom. The third kappa shape index (κ3) is 2.67. The van der Waals surface area contributed by atoms with Crippen molar-refractivity contribution in [2.24, 2.45) is 5.92 Å². The number of hydrogen-bond acceptors (Lipinski definition) is 5. The van der Waals surface area contributed by atoms with Crippen LogP contribution in [0.3, 0.4) is 0 Å². The van der Waals surface area contributed by atoms with Crippen molar-refractivity contribution in [2.45, 2.75) is 32.7 Å². The van der Waals surface area contributed by atoms with Gasteiger partial charge in [0.1, 0.15) is 12.1 Å². The van der Waals surface area contributed by atoms with Crippen LogP contribution in [0, 0.1) is 19.8 Å². The van der Waals surface area contributed by atoms with Gasteiger partial charge in [0, 0.05) is 44.0 Å². The monoisotopic (exact) mass is 304 g/mol. The van der Waals surface area contributed by atoms with E-state index in [1.165, 1.54) is 0 Å². The highest BCUT2D eigenvalue weighted by Gasteiger charge is 2.41. The predicted molar refractivity (Wildman–Crippen MR) is 83.8 cm³/mol. The number of nitrogens with zero attached hydrogens (tertiary/aromatic N) is 4. The third-order valence-electron chi connectivity index (χ3n) is 4.94. The van der Waals surface area contributed by atoms with E-state index < -0.39 is 0 Å². The highest BCUT2D eigenvalue weighted by atomic mass is 16.5. The number of methoxy groups -OCH3 is 1. The highest BCUT2D eigenvalue weighted by molar-refractivity contribution is 5.81. The Morgan fingerprint density at radius 2 is 2.09 bits per heavy atom. The zero-order chi connectivity index (χ0) is 15.7. The summed E-state index contributed by atoms with van der Waals surface area (Å²) >= 11 is 0. The normalized spacial score (nSPS) is 24.8. The van der Waals surface area contributed by atoms with E-state index in [9.17, 15) is 4.79 Å². The van der Waals surface area contributed by atoms with Crippen LogP contribution in [-0.2, 0) is 9.53 Å². The summed E-state index contributed by atoms with van der Waals surface area (Å²) in [5, 5.41) is 0. The van der Waals surface area contributed by atoms with Gasteiger partial charge < -0.3 is 14.5 Å². The number of piperidine rings is 1. The van der Waals surface area contributed by atoms with Crippen LogP contribution in [0.4, 0.5) is 5.82 Å². The van der Waals surface area contributed by atoms with E-state index in [2.05, 4.69) is 21.8 Å². The summed E-state index contributed by atoms with van der Waals surface area (Å²) in [6, 6.07) is 0.260. The van der Waals surface area contributed by atoms with Gasteiger partial charge in [-0.3, -0.25) is 4.79 Å². The molecule has 0 spiro atoms. The van der Waals surface area contributed by atoms with Crippen LogP contribution in [0.2, 0.25) is 0 Å². The second kappa shape index (κ2) is 6.20. The van der Waals surface area contributed by atoms with Crippen molar-refractivity contribution in [1.82, 2.24) is 14.9 Å². The van der Waals surface area contributed by atoms with Crippen molar-refractivity contribution in [3.63, 3.8) is 0 Å². The number of aryl methyl sites for hydroxylation is 1. The van der Waals surface area contributed by atoms with Crippen LogP contribution in [0.1, 0.15) is 24.1 Å². The Bertz CT molecular complexity index is 563. The molecule has 6 heteroatoms. The summed E-state index contributed by atoms with van der Waals surface area (Å²) < 4.78 is 5.16. The van der Waals surface area contributed by atoms with Crippen molar-refractivity contribution in [3.8, 4) is 0 Å². The van der Waals surface area contributed by atoms with Crippen LogP contribution in [0.15, 0.2) is 6.33 Å². The maximum absolute atomic E-state index is 12.7. The first kappa shape index (κ1) is 15.2. The van der Waals surface area contributed by atoms with Gasteiger partial charge in [-0.25, -0.2) is 9.97 Å². The summed E-state index contributed by atoms with van der Waals surface area (Å²) in [5.41, 5.74) is 2.11. The molecule has 0 radical (unpaired) electrons. The molecule has 3 fully saturated rings. The fourth-order valence-electron chi connectivity index (χ4n) is 3.54. The lowest BCUT2D eigenvalue weighted by atomic mass is 9.94. The van der Waals surface area contributed by atoms with E-state index in [1.54, 1.807) is 13.4 Å². The van der Waals surface area contributed by atoms with Crippen LogP contribution in [0.5, 0.6) is 0 Å². The van der Waals surface area contributed by atoms with Crippen LogP contribution >= 0.6 is 0 Å². The van der Waals surface area contributed by atoms with Crippen LogP contribution in [-0.4, -0.2) is 60.2 Å². The highest BCUT2D eigenvalue weighted by Crippen LogP contribution is 2.32. The molecule has 1 amide bonds. The second-order valence-corrected chi connectivity index (χ2v) is 6.27. The molecule has 120 valence electrons. The average molecular weight is 304 g/mol. The molecule has 2 unspecified atom stereocenters. The van der Waals surface area contributed by atoms with Gasteiger partial charge in [0.05, 0.1) is 12.5 Å². The molecule has 2 bridgehead atoms. The second-order valence-electron chi connectivity index (χ2n) is 6.27. The lowest BCUT2D eigenvalue weighted by Gasteiger charge is -2.35. The lowest BCUT2D eigenvalue weighted by molar-refractivity contribution is -0.140. The Hall–Kier alpha value is -1.69. The molecule has 2 atom stereocenters. The number of carbonyl (C=O) groups is 1. The van der Waals surface area contributed by atoms with Gasteiger partial charge in [0.25, 0.3) is 0 Å². The summed E-state index contributed by atoms with van der Waals surface area (Å²) in [7, 11) is 1.68. The molecular weight excluding hydrogens is 280 g/mol. The molecule has 4 heterocycles. The predicted octanol–water partition coefficient (Wildman–Crippen LogP) is 1.17. The Kier molecular flexibility index (Phi) is 4.29. The quantitative estimate of drug-likeness (QED) is 0.835. The number of aromatic nitrogens is 2. The first-order valence-electron chi connectivity index (χ1n) is 7.94. The van der Waals surface area contributed by atoms with Crippen molar-refractivity contribution in [2.75, 3.05) is 38.3 Å². The Morgan fingerprint density at radius 3 is 2.86 bits per heavy atom. The number of ether oxygens (including phenoxy) is 1. The number of hydrogen-bond donors (Lipinski definition) is 0. The molecule has 4 rings (SSSR count). The summed E-state index contributed by atoms with van der Waals surface area (Å²) in [4.78, 5) is 25.7. The van der Waals surface area contributed by atoms with Crippen molar-refractivity contribution in [3.05, 3.63) is 17.6 Å². The number of amides is 1. The van der Waals surface area contributed by atoms with Crippen molar-refractivity contribution >= 4 is 11.7 Å². The smallest absolute Gasteiger partial charge is 0.227 e. The minimum Gasteiger partial charge on any atom is -0.383 e. The average Bonchev–Trinajstić information content (AvgIpc) is 2.79. The number of carbonyl (C=O) groups excluding carboxylic acids is 1. The summed E-state index contributed by atoms with van der Waals surface area (Å²) in [6.45, 7) is 6.96. The maximum Gasteiger partial charge on any atom is 0.227 e. The number of rotatable bonds is 4. The molecule has 0 saturated carbocycles. The van der Waals surface area contributed by atoms with Gasteiger partial charge in [0.2, 0.25) is 5.91 Å². The molecule has 3 aliphatic rings. The van der Waals surface area contributed by atoms with Gasteiger partial charge in [0.15, 0.2) is 0 Å². The molecule has 22 heavy (non-hydrogen) atoms. The minimum absolute atomic E-state index is 0.0743. The zero-order valence-electron chi connectivity index (χ0n) is 13.6. The molecule has 0 aliphatic carbocycles. The van der Waals surface area contributed by atoms with E-state index in [0.717, 1.165) is 43.0 Å². The van der Waals surface area contributed by atoms with Gasteiger partial charge in [-0.1, -0.05) is 0 Å². The molecule has 0 aromatic carbocycles. The molecule has 1 aromatic rings. The van der Waals surface area contributed by atoms with E-state index in [4.69, 9.17) is 4.74 Å². The van der Waals surface area contributed by atoms with Gasteiger partial charge >= 0.3 is 0 Å². The number of fused-ring (bicyclic) bond motifs is 4. The largest absolute Gasteiger partial charge is 0.383 e. The molecule has 3 saturated heterocycles. The molecule has 0 N–H and O–H groups in total. The standard InChI is InChI=1S/C16H24N4O2/c1-11-12(2)17-10-18-15(11)19-8-13-4-5-14(9-19)20(16(13)21)6-7-22-3/h10,13-14H,4-9H2,1-3H3. The molecule has 6 nitrogen and oxygen atoms in total. The minimum atomic E-state index is 0.0743. The lowest BCUT2D eigenvalue weighted by Crippen LogP contribution is -2.49. The zero-order valence-corrected chi connectivity index (χ0v) is 13.6. The Balaban J connectivity index is 1.86. The molecule has 3 aliphatic heterocycles. The topological polar surface area (TPSA) is 58.6 Å². The van der Waals surface area contributed by atoms with E-state index in [0.29, 0.717) is 13.2 Å². The SMILES string of the molecule is COCCN1C(=O)C2CCC1CN(c1ncnc(C)c1C)C2. The maximum atomic E-state index is 12.7. The van der Waals surface area contributed by atoms with Gasteiger partial charge in [-0.15, -0.1) is 0 Å². The van der Waals surface area contributed by atoms with Gasteiger partial charge in [-0.05, 0) is 26.7 Å². The summed E-state index contributed by atoms with van der Waals surface area (Å²) in [6.07, 6.45) is 3.67. The number of anilines is 1.